The van der Waals surface area contributed by atoms with E-state index in [-0.39, 0.29) is 11.7 Å². The largest absolute Gasteiger partial charge is 0.354 e. The fourth-order valence-electron chi connectivity index (χ4n) is 2.82. The lowest BCUT2D eigenvalue weighted by Crippen LogP contribution is -2.24. The summed E-state index contributed by atoms with van der Waals surface area (Å²) in [5.41, 5.74) is 3.41. The summed E-state index contributed by atoms with van der Waals surface area (Å²) in [4.78, 5) is 32.6. The molecule has 0 spiro atoms. The van der Waals surface area contributed by atoms with Crippen LogP contribution in [0.5, 0.6) is 0 Å². The van der Waals surface area contributed by atoms with Gasteiger partial charge in [0, 0.05) is 29.0 Å². The summed E-state index contributed by atoms with van der Waals surface area (Å²) in [6.07, 6.45) is 4.46. The second-order valence-electron chi connectivity index (χ2n) is 5.40. The van der Waals surface area contributed by atoms with Crippen molar-refractivity contribution in [2.45, 2.75) is 33.7 Å². The van der Waals surface area contributed by atoms with Crippen LogP contribution in [0.1, 0.15) is 51.6 Å². The summed E-state index contributed by atoms with van der Waals surface area (Å²) in [6.45, 7) is 5.63. The van der Waals surface area contributed by atoms with Crippen LogP contribution in [0.25, 0.3) is 4.96 Å². The van der Waals surface area contributed by atoms with Crippen molar-refractivity contribution in [3.63, 3.8) is 0 Å². The highest BCUT2D eigenvalue weighted by molar-refractivity contribution is 7.15. The number of rotatable bonds is 5. The summed E-state index contributed by atoms with van der Waals surface area (Å²) < 4.78 is 1.93. The molecular weight excluding hydrogens is 312 g/mol. The zero-order chi connectivity index (χ0) is 16.6. The van der Waals surface area contributed by atoms with E-state index in [1.165, 1.54) is 6.92 Å². The van der Waals surface area contributed by atoms with E-state index in [2.05, 4.69) is 15.3 Å². The predicted octanol–water partition coefficient (Wildman–Crippen LogP) is 2.73. The summed E-state index contributed by atoms with van der Waals surface area (Å²) >= 11 is 1.55. The molecular formula is C16H18N4O2S. The minimum Gasteiger partial charge on any atom is -0.354 e. The van der Waals surface area contributed by atoms with E-state index in [1.54, 1.807) is 11.3 Å². The number of amides is 1. The fraction of sp³-hybridized carbons (Fsp3) is 0.312. The Morgan fingerprint density at radius 1 is 1.43 bits per heavy atom. The normalized spacial score (nSPS) is 11.1. The van der Waals surface area contributed by atoms with Gasteiger partial charge in [-0.3, -0.25) is 14.0 Å². The molecule has 0 aliphatic rings. The van der Waals surface area contributed by atoms with Crippen molar-refractivity contribution in [2.75, 3.05) is 0 Å². The number of carbonyl (C=O) groups is 2. The van der Waals surface area contributed by atoms with Crippen molar-refractivity contribution in [2.24, 2.45) is 0 Å². The molecule has 1 amide bonds. The molecule has 23 heavy (non-hydrogen) atoms. The van der Waals surface area contributed by atoms with Crippen LogP contribution in [-0.4, -0.2) is 26.1 Å². The van der Waals surface area contributed by atoms with Crippen molar-refractivity contribution in [1.29, 1.82) is 0 Å². The first-order valence-electron chi connectivity index (χ1n) is 7.43. The number of Topliss-reactive ketones (excluding diaryl/α,β-unsaturated/α-hetero) is 1. The highest BCUT2D eigenvalue weighted by Gasteiger charge is 2.21. The Labute approximate surface area is 137 Å². The van der Waals surface area contributed by atoms with Gasteiger partial charge in [-0.2, -0.15) is 0 Å². The summed E-state index contributed by atoms with van der Waals surface area (Å²) in [5, 5.41) is 4.83. The topological polar surface area (TPSA) is 79.3 Å². The Hall–Kier alpha value is -2.41. The highest BCUT2D eigenvalue weighted by Crippen LogP contribution is 2.20. The number of nitrogens with one attached hydrogen (secondary N) is 2. The van der Waals surface area contributed by atoms with Crippen LogP contribution in [0.3, 0.4) is 0 Å². The van der Waals surface area contributed by atoms with Gasteiger partial charge in [-0.1, -0.05) is 6.92 Å². The SMILES string of the molecule is CCc1c(C(=O)NCc2cn3ccsc3n2)[nH]c(C)c1C(C)=O. The van der Waals surface area contributed by atoms with Crippen LogP contribution in [0.4, 0.5) is 0 Å². The molecule has 0 bridgehead atoms. The van der Waals surface area contributed by atoms with E-state index < -0.39 is 0 Å². The third-order valence-electron chi connectivity index (χ3n) is 3.80. The molecule has 3 aromatic rings. The number of aromatic nitrogens is 3. The van der Waals surface area contributed by atoms with E-state index in [9.17, 15) is 9.59 Å². The van der Waals surface area contributed by atoms with E-state index in [0.29, 0.717) is 24.2 Å². The third kappa shape index (κ3) is 2.79. The lowest BCUT2D eigenvalue weighted by Gasteiger charge is -2.04. The van der Waals surface area contributed by atoms with Crippen molar-refractivity contribution in [1.82, 2.24) is 19.7 Å². The van der Waals surface area contributed by atoms with Gasteiger partial charge >= 0.3 is 0 Å². The highest BCUT2D eigenvalue weighted by atomic mass is 32.1. The maximum absolute atomic E-state index is 12.5. The molecule has 6 nitrogen and oxygen atoms in total. The van der Waals surface area contributed by atoms with Gasteiger partial charge in [0.1, 0.15) is 5.69 Å². The molecule has 0 aliphatic carbocycles. The van der Waals surface area contributed by atoms with Crippen molar-refractivity contribution in [3.05, 3.63) is 46.0 Å². The van der Waals surface area contributed by atoms with Gasteiger partial charge in [0.15, 0.2) is 10.7 Å². The van der Waals surface area contributed by atoms with Crippen molar-refractivity contribution < 1.29 is 9.59 Å². The van der Waals surface area contributed by atoms with Crippen molar-refractivity contribution in [3.8, 4) is 0 Å². The second kappa shape index (κ2) is 6.00. The predicted molar refractivity (Wildman–Crippen MR) is 89.2 cm³/mol. The maximum Gasteiger partial charge on any atom is 0.268 e. The quantitative estimate of drug-likeness (QED) is 0.706. The van der Waals surface area contributed by atoms with Gasteiger partial charge < -0.3 is 10.3 Å². The zero-order valence-electron chi connectivity index (χ0n) is 13.3. The van der Waals surface area contributed by atoms with E-state index >= 15 is 0 Å². The molecule has 0 aromatic carbocycles. The second-order valence-corrected chi connectivity index (χ2v) is 6.27. The molecule has 0 saturated heterocycles. The number of fused-ring (bicyclic) bond motifs is 1. The first-order chi connectivity index (χ1) is 11.0. The minimum atomic E-state index is -0.214. The Morgan fingerprint density at radius 2 is 2.22 bits per heavy atom. The van der Waals surface area contributed by atoms with Crippen LogP contribution in [0.2, 0.25) is 0 Å². The monoisotopic (exact) mass is 330 g/mol. The number of aryl methyl sites for hydroxylation is 1. The molecule has 2 N–H and O–H groups in total. The van der Waals surface area contributed by atoms with E-state index in [0.717, 1.165) is 21.9 Å². The van der Waals surface area contributed by atoms with E-state index in [1.807, 2.05) is 36.0 Å². The molecule has 0 atom stereocenters. The number of aromatic amines is 1. The fourth-order valence-corrected chi connectivity index (χ4v) is 3.54. The van der Waals surface area contributed by atoms with E-state index in [4.69, 9.17) is 0 Å². The molecule has 3 heterocycles. The Balaban J connectivity index is 1.79. The summed E-state index contributed by atoms with van der Waals surface area (Å²) in [6, 6.07) is 0. The van der Waals surface area contributed by atoms with Crippen LogP contribution in [0.15, 0.2) is 17.8 Å². The number of thiazole rings is 1. The maximum atomic E-state index is 12.5. The lowest BCUT2D eigenvalue weighted by atomic mass is 10.0. The number of hydrogen-bond acceptors (Lipinski definition) is 4. The first-order valence-corrected chi connectivity index (χ1v) is 8.30. The molecule has 0 unspecified atom stereocenters. The number of imidazole rings is 1. The number of nitrogens with zero attached hydrogens (tertiary/aromatic N) is 2. The van der Waals surface area contributed by atoms with Crippen LogP contribution in [0, 0.1) is 6.92 Å². The molecule has 7 heteroatoms. The zero-order valence-corrected chi connectivity index (χ0v) is 14.1. The van der Waals surface area contributed by atoms with Crippen LogP contribution in [-0.2, 0) is 13.0 Å². The molecule has 0 fully saturated rings. The summed E-state index contributed by atoms with van der Waals surface area (Å²) in [5.74, 6) is -0.238. The average molecular weight is 330 g/mol. The van der Waals surface area contributed by atoms with Gasteiger partial charge in [-0.25, -0.2) is 4.98 Å². The van der Waals surface area contributed by atoms with Crippen LogP contribution < -0.4 is 5.32 Å². The average Bonchev–Trinajstić information content (AvgIpc) is 3.16. The first kappa shape index (κ1) is 15.5. The summed E-state index contributed by atoms with van der Waals surface area (Å²) in [7, 11) is 0. The lowest BCUT2D eigenvalue weighted by molar-refractivity contribution is 0.0945. The molecule has 3 rings (SSSR count). The molecule has 0 saturated carbocycles. The standard InChI is InChI=1S/C16H18N4O2S/c1-4-12-13(10(3)21)9(2)18-14(12)15(22)17-7-11-8-20-5-6-23-16(20)19-11/h5-6,8,18H,4,7H2,1-3H3,(H,17,22). The smallest absolute Gasteiger partial charge is 0.268 e. The Kier molecular flexibility index (Phi) is 4.04. The minimum absolute atomic E-state index is 0.0241. The number of ketones is 1. The Morgan fingerprint density at radius 3 is 2.87 bits per heavy atom. The van der Waals surface area contributed by atoms with Gasteiger partial charge in [0.05, 0.1) is 12.2 Å². The van der Waals surface area contributed by atoms with Crippen molar-refractivity contribution >= 4 is 28.0 Å². The molecule has 120 valence electrons. The number of hydrogen-bond donors (Lipinski definition) is 2. The molecule has 3 aromatic heterocycles. The number of H-pyrrole nitrogens is 1. The van der Waals surface area contributed by atoms with Crippen LogP contribution >= 0.6 is 11.3 Å². The molecule has 0 aliphatic heterocycles. The third-order valence-corrected chi connectivity index (χ3v) is 4.57. The van der Waals surface area contributed by atoms with Gasteiger partial charge in [-0.05, 0) is 25.8 Å². The van der Waals surface area contributed by atoms with Gasteiger partial charge in [0.2, 0.25) is 0 Å². The van der Waals surface area contributed by atoms with Gasteiger partial charge in [-0.15, -0.1) is 11.3 Å². The Bertz CT molecular complexity index is 859. The number of carbonyl (C=O) groups excluding carboxylic acids is 2. The van der Waals surface area contributed by atoms with Gasteiger partial charge in [0.25, 0.3) is 5.91 Å². The molecule has 0 radical (unpaired) electrons.